The van der Waals surface area contributed by atoms with Crippen molar-refractivity contribution >= 4 is 53.5 Å². The highest BCUT2D eigenvalue weighted by Gasteiger charge is 2.29. The fraction of sp³-hybridized carbons (Fsp3) is 0.417. The molecule has 0 spiro atoms. The molecule has 1 aromatic rings. The fourth-order valence-corrected chi connectivity index (χ4v) is 5.43. The van der Waals surface area contributed by atoms with Crippen molar-refractivity contribution in [3.05, 3.63) is 21.1 Å². The monoisotopic (exact) mass is 439 g/mol. The lowest BCUT2D eigenvalue weighted by molar-refractivity contribution is -0.121. The van der Waals surface area contributed by atoms with Crippen molar-refractivity contribution in [3.8, 4) is 0 Å². The lowest BCUT2D eigenvalue weighted by atomic mass is 10.3. The summed E-state index contributed by atoms with van der Waals surface area (Å²) in [6.07, 6.45) is 1.91. The van der Waals surface area contributed by atoms with Crippen molar-refractivity contribution in [2.45, 2.75) is 23.8 Å². The Labute approximate surface area is 140 Å². The normalized spacial score (nSPS) is 15.2. The number of carbonyl (C=O) groups excluding carboxylic acids is 1. The molecule has 1 aromatic carbocycles. The molecule has 1 aliphatic carbocycles. The minimum absolute atomic E-state index is 0.0541. The molecule has 0 atom stereocenters. The second kappa shape index (κ2) is 6.23. The molecule has 1 saturated carbocycles. The minimum Gasteiger partial charge on any atom is -0.399 e. The number of hydrogen-bond acceptors (Lipinski definition) is 4. The maximum Gasteiger partial charge on any atom is 0.245 e. The van der Waals surface area contributed by atoms with Crippen LogP contribution in [-0.4, -0.2) is 38.3 Å². The highest BCUT2D eigenvalue weighted by Crippen LogP contribution is 2.34. The van der Waals surface area contributed by atoms with Crippen molar-refractivity contribution in [2.24, 2.45) is 0 Å². The Bertz CT molecular complexity index is 651. The first-order valence-electron chi connectivity index (χ1n) is 6.22. The van der Waals surface area contributed by atoms with Crippen LogP contribution in [-0.2, 0) is 14.8 Å². The summed E-state index contributed by atoms with van der Waals surface area (Å²) in [5, 5.41) is 2.76. The molecule has 0 radical (unpaired) electrons. The van der Waals surface area contributed by atoms with Crippen LogP contribution < -0.4 is 11.1 Å². The smallest absolute Gasteiger partial charge is 0.245 e. The Kier molecular flexibility index (Phi) is 4.96. The van der Waals surface area contributed by atoms with Gasteiger partial charge in [-0.25, -0.2) is 8.42 Å². The van der Waals surface area contributed by atoms with E-state index in [4.69, 9.17) is 5.73 Å². The summed E-state index contributed by atoms with van der Waals surface area (Å²) >= 11 is 6.40. The number of carbonyl (C=O) groups is 1. The van der Waals surface area contributed by atoms with Crippen molar-refractivity contribution in [3.63, 3.8) is 0 Å². The van der Waals surface area contributed by atoms with Gasteiger partial charge in [-0.1, -0.05) is 0 Å². The van der Waals surface area contributed by atoms with Gasteiger partial charge in [0.15, 0.2) is 0 Å². The summed E-state index contributed by atoms with van der Waals surface area (Å²) in [5.41, 5.74) is 6.09. The summed E-state index contributed by atoms with van der Waals surface area (Å²) in [5.74, 6) is -0.300. The van der Waals surface area contributed by atoms with Crippen LogP contribution in [0.1, 0.15) is 12.8 Å². The molecule has 0 heterocycles. The number of benzene rings is 1. The predicted octanol–water partition coefficient (Wildman–Crippen LogP) is 1.69. The van der Waals surface area contributed by atoms with Gasteiger partial charge in [0.05, 0.1) is 6.54 Å². The molecule has 2 rings (SSSR count). The Morgan fingerprint density at radius 3 is 2.38 bits per heavy atom. The quantitative estimate of drug-likeness (QED) is 0.681. The molecule has 0 bridgehead atoms. The Morgan fingerprint density at radius 1 is 1.38 bits per heavy atom. The number of anilines is 1. The van der Waals surface area contributed by atoms with Gasteiger partial charge < -0.3 is 11.1 Å². The largest absolute Gasteiger partial charge is 0.399 e. The summed E-state index contributed by atoms with van der Waals surface area (Å²) in [6, 6.07) is 3.22. The zero-order chi connectivity index (χ0) is 15.8. The Morgan fingerprint density at radius 2 is 1.90 bits per heavy atom. The summed E-state index contributed by atoms with van der Waals surface area (Å²) in [6.45, 7) is -0.220. The molecule has 3 N–H and O–H groups in total. The van der Waals surface area contributed by atoms with Gasteiger partial charge in [-0.2, -0.15) is 4.31 Å². The number of nitrogen functional groups attached to an aromatic ring is 1. The lowest BCUT2D eigenvalue weighted by Gasteiger charge is -2.19. The number of amides is 1. The third-order valence-electron chi connectivity index (χ3n) is 3.00. The van der Waals surface area contributed by atoms with Crippen molar-refractivity contribution in [2.75, 3.05) is 19.3 Å². The van der Waals surface area contributed by atoms with E-state index in [1.807, 2.05) is 0 Å². The van der Waals surface area contributed by atoms with Gasteiger partial charge in [-0.3, -0.25) is 4.79 Å². The van der Waals surface area contributed by atoms with E-state index < -0.39 is 10.0 Å². The molecule has 0 saturated heterocycles. The summed E-state index contributed by atoms with van der Waals surface area (Å²) < 4.78 is 26.9. The molecule has 6 nitrogen and oxygen atoms in total. The van der Waals surface area contributed by atoms with Crippen molar-refractivity contribution < 1.29 is 13.2 Å². The van der Waals surface area contributed by atoms with Crippen LogP contribution in [0.2, 0.25) is 0 Å². The third-order valence-corrected chi connectivity index (χ3v) is 6.68. The molecule has 21 heavy (non-hydrogen) atoms. The molecule has 0 unspecified atom stereocenters. The number of halogens is 2. The first kappa shape index (κ1) is 16.7. The van der Waals surface area contributed by atoms with Gasteiger partial charge >= 0.3 is 0 Å². The molecule has 116 valence electrons. The van der Waals surface area contributed by atoms with Crippen LogP contribution in [0.3, 0.4) is 0 Å². The Balaban J connectivity index is 2.22. The predicted molar refractivity (Wildman–Crippen MR) is 87.2 cm³/mol. The molecule has 1 fully saturated rings. The zero-order valence-corrected chi connectivity index (χ0v) is 15.3. The van der Waals surface area contributed by atoms with Crippen LogP contribution in [0.25, 0.3) is 0 Å². The molecule has 1 aliphatic rings. The number of nitrogens with two attached hydrogens (primary N) is 1. The van der Waals surface area contributed by atoms with Crippen molar-refractivity contribution in [1.82, 2.24) is 9.62 Å². The van der Waals surface area contributed by atoms with E-state index in [0.29, 0.717) is 14.6 Å². The van der Waals surface area contributed by atoms with Gasteiger partial charge in [0.1, 0.15) is 4.90 Å². The maximum atomic E-state index is 12.6. The number of nitrogens with zero attached hydrogens (tertiary/aromatic N) is 1. The van der Waals surface area contributed by atoms with Crippen LogP contribution in [0.5, 0.6) is 0 Å². The van der Waals surface area contributed by atoms with Crippen LogP contribution in [0, 0.1) is 0 Å². The number of hydrogen-bond donors (Lipinski definition) is 2. The van der Waals surface area contributed by atoms with Gasteiger partial charge in [0.25, 0.3) is 0 Å². The average Bonchev–Trinajstić information content (AvgIpc) is 3.10. The first-order valence-corrected chi connectivity index (χ1v) is 9.24. The SMILES string of the molecule is CN(CC(=O)NC1CC1)S(=O)(=O)c1c(Br)cc(N)cc1Br. The van der Waals surface area contributed by atoms with Gasteiger partial charge in [-0.15, -0.1) is 0 Å². The van der Waals surface area contributed by atoms with E-state index in [9.17, 15) is 13.2 Å². The molecule has 0 aliphatic heterocycles. The lowest BCUT2D eigenvalue weighted by Crippen LogP contribution is -2.39. The summed E-state index contributed by atoms with van der Waals surface area (Å²) in [7, 11) is -2.43. The fourth-order valence-electron chi connectivity index (χ4n) is 1.77. The molecular formula is C12H15Br2N3O3S. The molecule has 0 aromatic heterocycles. The minimum atomic E-state index is -3.80. The zero-order valence-electron chi connectivity index (χ0n) is 11.3. The molecule has 1 amide bonds. The van der Waals surface area contributed by atoms with Gasteiger partial charge in [-0.05, 0) is 56.8 Å². The number of rotatable bonds is 5. The third kappa shape index (κ3) is 3.97. The van der Waals surface area contributed by atoms with Crippen LogP contribution in [0.15, 0.2) is 26.0 Å². The first-order chi connectivity index (χ1) is 9.71. The highest BCUT2D eigenvalue weighted by molar-refractivity contribution is 9.11. The number of likely N-dealkylation sites (N-methyl/N-ethyl adjacent to an activating group) is 1. The van der Waals surface area contributed by atoms with Crippen molar-refractivity contribution in [1.29, 1.82) is 0 Å². The average molecular weight is 441 g/mol. The van der Waals surface area contributed by atoms with E-state index in [1.54, 1.807) is 0 Å². The van der Waals surface area contributed by atoms with E-state index in [0.717, 1.165) is 17.1 Å². The number of nitrogens with one attached hydrogen (secondary N) is 1. The van der Waals surface area contributed by atoms with E-state index >= 15 is 0 Å². The second-order valence-corrected chi connectivity index (χ2v) is 8.61. The highest BCUT2D eigenvalue weighted by atomic mass is 79.9. The van der Waals surface area contributed by atoms with E-state index in [1.165, 1.54) is 19.2 Å². The van der Waals surface area contributed by atoms with E-state index in [-0.39, 0.29) is 23.4 Å². The standard InChI is InChI=1S/C12H15Br2N3O3S/c1-17(6-11(18)16-8-2-3-8)21(19,20)12-9(13)4-7(15)5-10(12)14/h4-5,8H,2-3,6,15H2,1H3,(H,16,18). The molecule has 9 heteroatoms. The molecular weight excluding hydrogens is 426 g/mol. The second-order valence-electron chi connectivity index (χ2n) is 4.92. The van der Waals surface area contributed by atoms with E-state index in [2.05, 4.69) is 37.2 Å². The van der Waals surface area contributed by atoms with Gasteiger partial charge in [0.2, 0.25) is 15.9 Å². The topological polar surface area (TPSA) is 92.5 Å². The van der Waals surface area contributed by atoms with Crippen LogP contribution in [0.4, 0.5) is 5.69 Å². The van der Waals surface area contributed by atoms with Gasteiger partial charge in [0, 0.05) is 27.7 Å². The van der Waals surface area contributed by atoms with Crippen LogP contribution >= 0.6 is 31.9 Å². The summed E-state index contributed by atoms with van der Waals surface area (Å²) in [4.78, 5) is 11.8. The maximum absolute atomic E-state index is 12.6. The number of sulfonamides is 1. The Hall–Kier alpha value is -0.640.